The number of aromatic amines is 2. The zero-order valence-electron chi connectivity index (χ0n) is 10.9. The molecule has 0 amide bonds. The fourth-order valence-electron chi connectivity index (χ4n) is 2.40. The summed E-state index contributed by atoms with van der Waals surface area (Å²) in [6, 6.07) is 1.24. The van der Waals surface area contributed by atoms with Crippen molar-refractivity contribution < 1.29 is 14.9 Å². The number of nitrogens with zero attached hydrogens (tertiary/aromatic N) is 2. The van der Waals surface area contributed by atoms with Gasteiger partial charge in [0.2, 0.25) is 0 Å². The summed E-state index contributed by atoms with van der Waals surface area (Å²) in [7, 11) is 0. The van der Waals surface area contributed by atoms with Crippen LogP contribution in [0.1, 0.15) is 12.6 Å². The van der Waals surface area contributed by atoms with Gasteiger partial charge in [-0.05, 0) is 0 Å². The van der Waals surface area contributed by atoms with Gasteiger partial charge in [-0.2, -0.15) is 0 Å². The van der Waals surface area contributed by atoms with Gasteiger partial charge in [-0.3, -0.25) is 9.78 Å². The second-order valence-corrected chi connectivity index (χ2v) is 4.80. The van der Waals surface area contributed by atoms with Crippen molar-refractivity contribution in [3.63, 3.8) is 0 Å². The van der Waals surface area contributed by atoms with Gasteiger partial charge in [0.15, 0.2) is 0 Å². The van der Waals surface area contributed by atoms with Crippen molar-refractivity contribution in [1.82, 2.24) is 19.5 Å². The Labute approximate surface area is 117 Å². The number of aliphatic hydroxyl groups excluding tert-OH is 2. The number of hydrogen-bond acceptors (Lipinski definition) is 6. The maximum Gasteiger partial charge on any atom is 0.326 e. The number of H-pyrrole nitrogens is 2. The lowest BCUT2D eigenvalue weighted by Gasteiger charge is -2.15. The third-order valence-corrected chi connectivity index (χ3v) is 3.40. The maximum absolute atomic E-state index is 11.4. The smallest absolute Gasteiger partial charge is 0.326 e. The highest BCUT2D eigenvalue weighted by molar-refractivity contribution is 5.52. The first-order valence-corrected chi connectivity index (χ1v) is 6.38. The number of nitrogens with one attached hydrogen (secondary N) is 2. The van der Waals surface area contributed by atoms with Crippen molar-refractivity contribution >= 4 is 0 Å². The molecule has 9 nitrogen and oxygen atoms in total. The van der Waals surface area contributed by atoms with Crippen molar-refractivity contribution in [3.05, 3.63) is 39.4 Å². The van der Waals surface area contributed by atoms with Crippen molar-refractivity contribution in [2.45, 2.75) is 24.9 Å². The van der Waals surface area contributed by atoms with E-state index in [1.165, 1.54) is 18.6 Å². The highest BCUT2D eigenvalue weighted by atomic mass is 16.5. The van der Waals surface area contributed by atoms with Crippen LogP contribution in [0.4, 0.5) is 0 Å². The second kappa shape index (κ2) is 5.28. The van der Waals surface area contributed by atoms with Gasteiger partial charge >= 0.3 is 5.69 Å². The lowest BCUT2D eigenvalue weighted by molar-refractivity contribution is -0.0438. The zero-order valence-corrected chi connectivity index (χ0v) is 10.9. The lowest BCUT2D eigenvalue weighted by atomic mass is 10.2. The average Bonchev–Trinajstić information content (AvgIpc) is 3.03. The molecule has 0 aromatic carbocycles. The number of imidazole rings is 1. The molecule has 2 aromatic heterocycles. The Kier molecular flexibility index (Phi) is 3.45. The summed E-state index contributed by atoms with van der Waals surface area (Å²) >= 11 is 0. The molecule has 0 spiro atoms. The van der Waals surface area contributed by atoms with Crippen LogP contribution >= 0.6 is 0 Å². The zero-order chi connectivity index (χ0) is 15.0. The van der Waals surface area contributed by atoms with Crippen LogP contribution in [-0.4, -0.2) is 48.5 Å². The van der Waals surface area contributed by atoms with Crippen molar-refractivity contribution in [3.8, 4) is 11.4 Å². The van der Waals surface area contributed by atoms with E-state index in [0.717, 1.165) is 0 Å². The third-order valence-electron chi connectivity index (χ3n) is 3.40. The van der Waals surface area contributed by atoms with Crippen molar-refractivity contribution in [2.75, 3.05) is 6.61 Å². The second-order valence-electron chi connectivity index (χ2n) is 4.80. The van der Waals surface area contributed by atoms with Crippen LogP contribution in [0.3, 0.4) is 0 Å². The van der Waals surface area contributed by atoms with Gasteiger partial charge in [0.25, 0.3) is 5.56 Å². The molecule has 112 valence electrons. The molecule has 1 saturated heterocycles. The molecule has 0 aliphatic carbocycles. The molecule has 1 aliphatic rings. The molecule has 3 rings (SSSR count). The van der Waals surface area contributed by atoms with E-state index in [9.17, 15) is 14.7 Å². The molecule has 9 heteroatoms. The first kappa shape index (κ1) is 13.7. The number of aliphatic hydroxyl groups is 2. The Morgan fingerprint density at radius 2 is 2.24 bits per heavy atom. The van der Waals surface area contributed by atoms with E-state index in [1.807, 2.05) is 0 Å². The molecule has 1 aliphatic heterocycles. The molecule has 3 heterocycles. The van der Waals surface area contributed by atoms with Crippen LogP contribution in [-0.2, 0) is 4.74 Å². The monoisotopic (exact) mass is 294 g/mol. The van der Waals surface area contributed by atoms with E-state index in [2.05, 4.69) is 15.0 Å². The van der Waals surface area contributed by atoms with E-state index in [1.54, 1.807) is 4.57 Å². The van der Waals surface area contributed by atoms with Gasteiger partial charge < -0.3 is 24.5 Å². The van der Waals surface area contributed by atoms with Gasteiger partial charge in [0.1, 0.15) is 12.3 Å². The average molecular weight is 294 g/mol. The van der Waals surface area contributed by atoms with Crippen molar-refractivity contribution in [2.24, 2.45) is 0 Å². The largest absolute Gasteiger partial charge is 0.394 e. The Morgan fingerprint density at radius 3 is 2.90 bits per heavy atom. The number of aromatic nitrogens is 4. The molecule has 0 radical (unpaired) electrons. The van der Waals surface area contributed by atoms with Gasteiger partial charge in [0, 0.05) is 12.5 Å². The minimum Gasteiger partial charge on any atom is -0.394 e. The standard InChI is InChI=1S/C12H14N4O5/c17-4-9-8(18)2-11(21-9)16-5-13-3-7(16)6-1-10(19)15-12(20)14-6/h1,3,5,8-9,11,17-18H,2,4H2,(H2,14,15,19,20)/t8-,9-,11-/m1/s1. The fraction of sp³-hybridized carbons (Fsp3) is 0.417. The highest BCUT2D eigenvalue weighted by Crippen LogP contribution is 2.31. The van der Waals surface area contributed by atoms with Crippen LogP contribution < -0.4 is 11.2 Å². The minimum absolute atomic E-state index is 0.280. The highest BCUT2D eigenvalue weighted by Gasteiger charge is 2.35. The van der Waals surface area contributed by atoms with E-state index in [4.69, 9.17) is 9.84 Å². The maximum atomic E-state index is 11.4. The molecule has 3 atom stereocenters. The topological polar surface area (TPSA) is 133 Å². The van der Waals surface area contributed by atoms with Crippen LogP contribution in [0, 0.1) is 0 Å². The molecule has 0 unspecified atom stereocenters. The van der Waals surface area contributed by atoms with Crippen LogP contribution in [0.25, 0.3) is 11.4 Å². The summed E-state index contributed by atoms with van der Waals surface area (Å²) in [6.45, 7) is -0.288. The van der Waals surface area contributed by atoms with Crippen LogP contribution in [0.15, 0.2) is 28.2 Å². The Bertz CT molecular complexity index is 720. The summed E-state index contributed by atoms with van der Waals surface area (Å²) < 4.78 is 7.14. The summed E-state index contributed by atoms with van der Waals surface area (Å²) in [5.74, 6) is 0. The fourth-order valence-corrected chi connectivity index (χ4v) is 2.40. The molecule has 21 heavy (non-hydrogen) atoms. The third kappa shape index (κ3) is 2.53. The van der Waals surface area contributed by atoms with E-state index in [0.29, 0.717) is 11.4 Å². The predicted octanol–water partition coefficient (Wildman–Crippen LogP) is -1.43. The van der Waals surface area contributed by atoms with E-state index in [-0.39, 0.29) is 13.0 Å². The quantitative estimate of drug-likeness (QED) is 0.548. The molecule has 4 N–H and O–H groups in total. The van der Waals surface area contributed by atoms with Gasteiger partial charge in [-0.15, -0.1) is 0 Å². The Morgan fingerprint density at radius 1 is 1.43 bits per heavy atom. The molecular formula is C12H14N4O5. The lowest BCUT2D eigenvalue weighted by Crippen LogP contribution is -2.24. The van der Waals surface area contributed by atoms with Crippen LogP contribution in [0.5, 0.6) is 0 Å². The Balaban J connectivity index is 1.98. The normalized spacial score (nSPS) is 25.3. The molecule has 1 fully saturated rings. The van der Waals surface area contributed by atoms with E-state index < -0.39 is 29.7 Å². The molecule has 0 saturated carbocycles. The first-order chi connectivity index (χ1) is 10.1. The molecular weight excluding hydrogens is 280 g/mol. The molecule has 2 aromatic rings. The van der Waals surface area contributed by atoms with Gasteiger partial charge in [0.05, 0.1) is 36.6 Å². The molecule has 0 bridgehead atoms. The van der Waals surface area contributed by atoms with E-state index >= 15 is 0 Å². The van der Waals surface area contributed by atoms with Crippen LogP contribution in [0.2, 0.25) is 0 Å². The van der Waals surface area contributed by atoms with Gasteiger partial charge in [-0.1, -0.05) is 0 Å². The van der Waals surface area contributed by atoms with Gasteiger partial charge in [-0.25, -0.2) is 9.78 Å². The summed E-state index contributed by atoms with van der Waals surface area (Å²) in [5.41, 5.74) is -0.367. The number of rotatable bonds is 3. The predicted molar refractivity (Wildman–Crippen MR) is 70.5 cm³/mol. The SMILES string of the molecule is O=c1cc(-c2cncn2[C@H]2C[C@@H](O)[C@@H](CO)O2)[nH]c(=O)[nH]1. The number of ether oxygens (including phenoxy) is 1. The number of hydrogen-bond donors (Lipinski definition) is 4. The summed E-state index contributed by atoms with van der Waals surface area (Å²) in [4.78, 5) is 31.3. The van der Waals surface area contributed by atoms with Crippen molar-refractivity contribution in [1.29, 1.82) is 0 Å². The Hall–Kier alpha value is -2.23. The summed E-state index contributed by atoms with van der Waals surface area (Å²) in [5, 5.41) is 18.9. The minimum atomic E-state index is -0.784. The summed E-state index contributed by atoms with van der Waals surface area (Å²) in [6.07, 6.45) is 1.26. The first-order valence-electron chi connectivity index (χ1n) is 6.38.